The topological polar surface area (TPSA) is 45.2 Å². The van der Waals surface area contributed by atoms with Gasteiger partial charge < -0.3 is 10.2 Å². The molecule has 4 aliphatic carbocycles. The van der Waals surface area contributed by atoms with Crippen LogP contribution in [0.3, 0.4) is 0 Å². The van der Waals surface area contributed by atoms with Crippen molar-refractivity contribution in [3.05, 3.63) is 17.7 Å². The summed E-state index contributed by atoms with van der Waals surface area (Å²) in [5, 5.41) is 4.48. The summed E-state index contributed by atoms with van der Waals surface area (Å²) in [7, 11) is 0. The number of carbonyl (C=O) groups excluding carboxylic acids is 1. The van der Waals surface area contributed by atoms with Crippen LogP contribution in [0.25, 0.3) is 0 Å². The second-order valence-corrected chi connectivity index (χ2v) is 11.2. The fourth-order valence-electron chi connectivity index (χ4n) is 6.78. The smallest absolute Gasteiger partial charge is 0.254 e. The van der Waals surface area contributed by atoms with Gasteiger partial charge in [-0.15, -0.1) is 11.8 Å². The zero-order valence-corrected chi connectivity index (χ0v) is 18.6. The maximum atomic E-state index is 13.4. The monoisotopic (exact) mass is 413 g/mol. The average molecular weight is 414 g/mol. The molecule has 6 rings (SSSR count). The number of carbonyl (C=O) groups is 1. The predicted octanol–water partition coefficient (Wildman–Crippen LogP) is 5.27. The first-order valence-corrected chi connectivity index (χ1v) is 12.8. The molecule has 0 atom stereocenters. The quantitative estimate of drug-likeness (QED) is 0.645. The first kappa shape index (κ1) is 19.7. The minimum absolute atomic E-state index is 0.0596. The number of hydrogen-bond donors (Lipinski definition) is 1. The van der Waals surface area contributed by atoms with Gasteiger partial charge >= 0.3 is 0 Å². The van der Waals surface area contributed by atoms with Gasteiger partial charge in [0.25, 0.3) is 5.91 Å². The Labute approximate surface area is 179 Å². The molecule has 5 fully saturated rings. The number of thioether (sulfide) groups is 1. The molecular formula is C24H35N3OS. The molecule has 4 nitrogen and oxygen atoms in total. The number of anilines is 1. The predicted molar refractivity (Wildman–Crippen MR) is 120 cm³/mol. The molecule has 29 heavy (non-hydrogen) atoms. The van der Waals surface area contributed by atoms with Crippen molar-refractivity contribution < 1.29 is 4.79 Å². The second-order valence-electron chi connectivity index (χ2n) is 10.1. The van der Waals surface area contributed by atoms with Crippen molar-refractivity contribution >= 4 is 23.5 Å². The van der Waals surface area contributed by atoms with E-state index >= 15 is 0 Å². The molecule has 4 bridgehead atoms. The molecule has 1 saturated heterocycles. The van der Waals surface area contributed by atoms with E-state index in [2.05, 4.69) is 23.2 Å². The molecule has 0 radical (unpaired) electrons. The minimum Gasteiger partial charge on any atom is -0.357 e. The van der Waals surface area contributed by atoms with E-state index in [0.29, 0.717) is 0 Å². The van der Waals surface area contributed by atoms with E-state index in [1.54, 1.807) is 11.8 Å². The van der Waals surface area contributed by atoms with E-state index in [1.165, 1.54) is 57.8 Å². The zero-order chi connectivity index (χ0) is 19.8. The van der Waals surface area contributed by atoms with Gasteiger partial charge in [0.1, 0.15) is 10.8 Å². The highest BCUT2D eigenvalue weighted by Crippen LogP contribution is 2.55. The van der Waals surface area contributed by atoms with E-state index in [-0.39, 0.29) is 11.4 Å². The van der Waals surface area contributed by atoms with Crippen LogP contribution in [0.4, 0.5) is 5.82 Å². The lowest BCUT2D eigenvalue weighted by atomic mass is 9.53. The largest absolute Gasteiger partial charge is 0.357 e. The molecule has 1 aromatic heterocycles. The van der Waals surface area contributed by atoms with Crippen LogP contribution in [0.1, 0.15) is 81.5 Å². The highest BCUT2D eigenvalue weighted by Gasteiger charge is 2.51. The normalized spacial score (nSPS) is 33.1. The number of hydrogen-bond acceptors (Lipinski definition) is 4. The summed E-state index contributed by atoms with van der Waals surface area (Å²) in [6.07, 6.45) is 12.7. The van der Waals surface area contributed by atoms with Gasteiger partial charge in [-0.3, -0.25) is 4.79 Å². The van der Waals surface area contributed by atoms with Crippen LogP contribution in [0.2, 0.25) is 0 Å². The lowest BCUT2D eigenvalue weighted by Gasteiger charge is -2.56. The summed E-state index contributed by atoms with van der Waals surface area (Å²) in [6.45, 7) is 4.37. The van der Waals surface area contributed by atoms with Crippen LogP contribution in [0.15, 0.2) is 17.2 Å². The number of amides is 1. The third-order valence-electron chi connectivity index (χ3n) is 7.63. The molecule has 5 aliphatic rings. The van der Waals surface area contributed by atoms with Gasteiger partial charge in [0, 0.05) is 18.6 Å². The van der Waals surface area contributed by atoms with Crippen molar-refractivity contribution in [1.29, 1.82) is 0 Å². The standard InChI is InChI=1S/C24H35N3OS/c1-2-10-29-23-20(6-7-21(25-23)27-8-4-3-5-9-27)22(28)26-24-14-17-11-18(15-24)13-19(12-17)16-24/h6-7,17-19H,2-5,8-16H2,1H3,(H,26,28). The van der Waals surface area contributed by atoms with Crippen LogP contribution in [-0.2, 0) is 0 Å². The van der Waals surface area contributed by atoms with Crippen LogP contribution >= 0.6 is 11.8 Å². The molecule has 1 aromatic rings. The number of nitrogens with one attached hydrogen (secondary N) is 1. The Morgan fingerprint density at radius 1 is 1.10 bits per heavy atom. The molecule has 1 N–H and O–H groups in total. The fourth-order valence-corrected chi connectivity index (χ4v) is 7.66. The summed E-state index contributed by atoms with van der Waals surface area (Å²) in [5.74, 6) is 4.70. The fraction of sp³-hybridized carbons (Fsp3) is 0.750. The molecule has 0 aromatic carbocycles. The van der Waals surface area contributed by atoms with Crippen molar-refractivity contribution in [3.8, 4) is 0 Å². The van der Waals surface area contributed by atoms with Crippen LogP contribution in [-0.4, -0.2) is 35.3 Å². The first-order chi connectivity index (χ1) is 14.1. The Morgan fingerprint density at radius 3 is 2.38 bits per heavy atom. The summed E-state index contributed by atoms with van der Waals surface area (Å²) in [4.78, 5) is 20.8. The van der Waals surface area contributed by atoms with Crippen molar-refractivity contribution in [2.45, 2.75) is 81.7 Å². The Bertz CT molecular complexity index is 723. The number of rotatable bonds is 6. The molecule has 1 amide bonds. The number of pyridine rings is 1. The second kappa shape index (κ2) is 8.13. The van der Waals surface area contributed by atoms with Crippen molar-refractivity contribution in [2.24, 2.45) is 17.8 Å². The van der Waals surface area contributed by atoms with Gasteiger partial charge in [-0.25, -0.2) is 4.98 Å². The highest BCUT2D eigenvalue weighted by molar-refractivity contribution is 7.99. The van der Waals surface area contributed by atoms with Crippen molar-refractivity contribution in [2.75, 3.05) is 23.7 Å². The van der Waals surface area contributed by atoms with E-state index in [4.69, 9.17) is 4.98 Å². The summed E-state index contributed by atoms with van der Waals surface area (Å²) in [6, 6.07) is 4.13. The van der Waals surface area contributed by atoms with Gasteiger partial charge in [0.05, 0.1) is 5.56 Å². The molecular weight excluding hydrogens is 378 g/mol. The van der Waals surface area contributed by atoms with Crippen molar-refractivity contribution in [3.63, 3.8) is 0 Å². The summed E-state index contributed by atoms with van der Waals surface area (Å²) < 4.78 is 0. The summed E-state index contributed by atoms with van der Waals surface area (Å²) in [5.41, 5.74) is 0.851. The summed E-state index contributed by atoms with van der Waals surface area (Å²) >= 11 is 1.75. The number of nitrogens with zero attached hydrogens (tertiary/aromatic N) is 2. The van der Waals surface area contributed by atoms with Crippen LogP contribution in [0.5, 0.6) is 0 Å². The van der Waals surface area contributed by atoms with E-state index in [0.717, 1.165) is 59.4 Å². The Hall–Kier alpha value is -1.23. The third kappa shape index (κ3) is 4.04. The van der Waals surface area contributed by atoms with Gasteiger partial charge in [-0.2, -0.15) is 0 Å². The lowest BCUT2D eigenvalue weighted by molar-refractivity contribution is -0.0167. The Morgan fingerprint density at radius 2 is 1.76 bits per heavy atom. The minimum atomic E-state index is 0.0596. The molecule has 5 heteroatoms. The Balaban J connectivity index is 1.36. The molecule has 0 unspecified atom stereocenters. The molecule has 2 heterocycles. The van der Waals surface area contributed by atoms with Gasteiger partial charge in [-0.05, 0) is 99.8 Å². The van der Waals surface area contributed by atoms with Crippen molar-refractivity contribution in [1.82, 2.24) is 10.3 Å². The van der Waals surface area contributed by atoms with Gasteiger partial charge in [-0.1, -0.05) is 6.92 Å². The molecule has 4 saturated carbocycles. The maximum absolute atomic E-state index is 13.4. The highest BCUT2D eigenvalue weighted by atomic mass is 32.2. The SMILES string of the molecule is CCCSc1nc(N2CCCCC2)ccc1C(=O)NC12CC3CC(CC(C3)C1)C2. The number of aromatic nitrogens is 1. The number of piperidine rings is 1. The first-order valence-electron chi connectivity index (χ1n) is 11.9. The van der Waals surface area contributed by atoms with Gasteiger partial charge in [0.15, 0.2) is 0 Å². The van der Waals surface area contributed by atoms with E-state index in [9.17, 15) is 4.79 Å². The molecule has 0 spiro atoms. The van der Waals surface area contributed by atoms with Crippen LogP contribution in [0, 0.1) is 17.8 Å². The van der Waals surface area contributed by atoms with E-state index < -0.39 is 0 Å². The average Bonchev–Trinajstić information content (AvgIpc) is 2.71. The zero-order valence-electron chi connectivity index (χ0n) is 17.8. The molecule has 158 valence electrons. The van der Waals surface area contributed by atoms with Crippen LogP contribution < -0.4 is 10.2 Å². The van der Waals surface area contributed by atoms with Gasteiger partial charge in [0.2, 0.25) is 0 Å². The maximum Gasteiger partial charge on any atom is 0.254 e. The lowest BCUT2D eigenvalue weighted by Crippen LogP contribution is -2.59. The Kier molecular flexibility index (Phi) is 5.53. The van der Waals surface area contributed by atoms with E-state index in [1.807, 2.05) is 6.07 Å². The third-order valence-corrected chi connectivity index (χ3v) is 8.83. The molecule has 1 aliphatic heterocycles.